The van der Waals surface area contributed by atoms with Crippen molar-refractivity contribution in [3.05, 3.63) is 40.4 Å². The molecule has 164 valence electrons. The number of aromatic nitrogens is 3. The predicted molar refractivity (Wildman–Crippen MR) is 118 cm³/mol. The molecular weight excluding hydrogens is 404 g/mol. The van der Waals surface area contributed by atoms with Crippen LogP contribution in [0.4, 0.5) is 0 Å². The molecule has 0 saturated carbocycles. The van der Waals surface area contributed by atoms with E-state index in [1.807, 2.05) is 29.8 Å². The Labute approximate surface area is 183 Å². The van der Waals surface area contributed by atoms with Gasteiger partial charge in [-0.15, -0.1) is 0 Å². The second-order valence-electron chi connectivity index (χ2n) is 7.31. The van der Waals surface area contributed by atoms with Gasteiger partial charge in [-0.1, -0.05) is 11.6 Å². The van der Waals surface area contributed by atoms with Gasteiger partial charge in [-0.2, -0.15) is 5.10 Å². The monoisotopic (exact) mass is 434 g/mol. The normalized spacial score (nSPS) is 16.3. The minimum absolute atomic E-state index is 0.264. The van der Waals surface area contributed by atoms with Gasteiger partial charge >= 0.3 is 0 Å². The van der Waals surface area contributed by atoms with Crippen LogP contribution in [0.3, 0.4) is 0 Å². The summed E-state index contributed by atoms with van der Waals surface area (Å²) in [4.78, 5) is 9.22. The first kappa shape index (κ1) is 22.4. The van der Waals surface area contributed by atoms with Crippen molar-refractivity contribution in [2.45, 2.75) is 52.3 Å². The molecule has 0 fully saturated rings. The largest absolute Gasteiger partial charge is 0.493 e. The van der Waals surface area contributed by atoms with Crippen LogP contribution in [0, 0.1) is 6.92 Å². The van der Waals surface area contributed by atoms with E-state index in [0.29, 0.717) is 19.8 Å². The van der Waals surface area contributed by atoms with E-state index in [2.05, 4.69) is 27.6 Å². The summed E-state index contributed by atoms with van der Waals surface area (Å²) in [5.74, 6) is 3.46. The van der Waals surface area contributed by atoms with Crippen molar-refractivity contribution in [2.75, 3.05) is 26.8 Å². The SMILES string of the molecule is CCNC(=NCCCOc1ccc(Cl)cc1C)NC1CCc2nc(COC)nn2C1. The van der Waals surface area contributed by atoms with Crippen molar-refractivity contribution < 1.29 is 9.47 Å². The quantitative estimate of drug-likeness (QED) is 0.358. The number of hydrogen-bond acceptors (Lipinski definition) is 5. The Morgan fingerprint density at radius 3 is 3.03 bits per heavy atom. The van der Waals surface area contributed by atoms with Crippen molar-refractivity contribution in [3.63, 3.8) is 0 Å². The highest BCUT2D eigenvalue weighted by molar-refractivity contribution is 6.30. The maximum atomic E-state index is 5.99. The summed E-state index contributed by atoms with van der Waals surface area (Å²) >= 11 is 5.99. The Morgan fingerprint density at radius 2 is 2.27 bits per heavy atom. The molecule has 1 atom stereocenters. The van der Waals surface area contributed by atoms with Gasteiger partial charge in [-0.3, -0.25) is 4.99 Å². The van der Waals surface area contributed by atoms with Gasteiger partial charge < -0.3 is 20.1 Å². The number of aliphatic imine (C=N–C) groups is 1. The number of fused-ring (bicyclic) bond motifs is 1. The van der Waals surface area contributed by atoms with E-state index in [1.165, 1.54) is 0 Å². The Morgan fingerprint density at radius 1 is 1.40 bits per heavy atom. The number of rotatable bonds is 9. The fourth-order valence-corrected chi connectivity index (χ4v) is 3.62. The Bertz CT molecular complexity index is 854. The summed E-state index contributed by atoms with van der Waals surface area (Å²) < 4.78 is 13.0. The van der Waals surface area contributed by atoms with E-state index in [4.69, 9.17) is 26.1 Å². The van der Waals surface area contributed by atoms with Crippen LogP contribution in [0.2, 0.25) is 5.02 Å². The van der Waals surface area contributed by atoms with E-state index in [9.17, 15) is 0 Å². The molecule has 9 heteroatoms. The van der Waals surface area contributed by atoms with Crippen molar-refractivity contribution in [1.29, 1.82) is 0 Å². The van der Waals surface area contributed by atoms with E-state index < -0.39 is 0 Å². The second kappa shape index (κ2) is 11.2. The zero-order valence-electron chi connectivity index (χ0n) is 17.9. The highest BCUT2D eigenvalue weighted by Gasteiger charge is 2.22. The van der Waals surface area contributed by atoms with Crippen molar-refractivity contribution in [2.24, 2.45) is 4.99 Å². The molecule has 3 rings (SSSR count). The Balaban J connectivity index is 1.47. The van der Waals surface area contributed by atoms with Gasteiger partial charge in [0.15, 0.2) is 11.8 Å². The minimum atomic E-state index is 0.264. The molecule has 1 aromatic heterocycles. The molecule has 0 bridgehead atoms. The van der Waals surface area contributed by atoms with Gasteiger partial charge in [0.2, 0.25) is 0 Å². The fraction of sp³-hybridized carbons (Fsp3) is 0.571. The summed E-state index contributed by atoms with van der Waals surface area (Å²) in [5, 5.41) is 12.1. The number of methoxy groups -OCH3 is 1. The van der Waals surface area contributed by atoms with E-state index in [-0.39, 0.29) is 6.04 Å². The molecular formula is C21H31ClN6O2. The molecule has 2 heterocycles. The van der Waals surface area contributed by atoms with Crippen LogP contribution in [-0.4, -0.2) is 53.6 Å². The average molecular weight is 435 g/mol. The van der Waals surface area contributed by atoms with Crippen LogP contribution < -0.4 is 15.4 Å². The van der Waals surface area contributed by atoms with Gasteiger partial charge in [-0.25, -0.2) is 9.67 Å². The fourth-order valence-electron chi connectivity index (χ4n) is 3.39. The lowest BCUT2D eigenvalue weighted by Crippen LogP contribution is -2.47. The highest BCUT2D eigenvalue weighted by Crippen LogP contribution is 2.21. The highest BCUT2D eigenvalue weighted by atomic mass is 35.5. The Hall–Kier alpha value is -2.32. The number of benzene rings is 1. The third kappa shape index (κ3) is 6.34. The first-order chi connectivity index (χ1) is 14.6. The van der Waals surface area contributed by atoms with Crippen LogP contribution in [0.5, 0.6) is 5.75 Å². The molecule has 0 aliphatic carbocycles. The summed E-state index contributed by atoms with van der Waals surface area (Å²) in [5.41, 5.74) is 1.04. The maximum Gasteiger partial charge on any atom is 0.191 e. The van der Waals surface area contributed by atoms with Crippen LogP contribution in [0.15, 0.2) is 23.2 Å². The van der Waals surface area contributed by atoms with E-state index in [1.54, 1.807) is 7.11 Å². The summed E-state index contributed by atoms with van der Waals surface area (Å²) in [7, 11) is 1.66. The number of ether oxygens (including phenoxy) is 2. The second-order valence-corrected chi connectivity index (χ2v) is 7.75. The summed E-state index contributed by atoms with van der Waals surface area (Å²) in [6, 6.07) is 5.93. The topological polar surface area (TPSA) is 85.6 Å². The molecule has 8 nitrogen and oxygen atoms in total. The first-order valence-electron chi connectivity index (χ1n) is 10.4. The van der Waals surface area contributed by atoms with Crippen LogP contribution >= 0.6 is 11.6 Å². The maximum absolute atomic E-state index is 5.99. The number of aryl methyl sites for hydroxylation is 2. The van der Waals surface area contributed by atoms with Crippen molar-refractivity contribution >= 4 is 17.6 Å². The molecule has 1 unspecified atom stereocenters. The van der Waals surface area contributed by atoms with Gasteiger partial charge in [0.1, 0.15) is 18.2 Å². The molecule has 0 spiro atoms. The van der Waals surface area contributed by atoms with Crippen molar-refractivity contribution in [3.8, 4) is 5.75 Å². The number of nitrogens with zero attached hydrogens (tertiary/aromatic N) is 4. The Kier molecular flexibility index (Phi) is 8.33. The van der Waals surface area contributed by atoms with Crippen LogP contribution in [0.25, 0.3) is 0 Å². The standard InChI is InChI=1S/C21H31ClN6O2/c1-4-23-21(24-10-5-11-30-18-8-6-16(22)12-15(18)2)25-17-7-9-20-26-19(14-29-3)27-28(20)13-17/h6,8,12,17H,4-5,7,9-11,13-14H2,1-3H3,(H2,23,24,25). The van der Waals surface area contributed by atoms with Crippen LogP contribution in [-0.2, 0) is 24.3 Å². The molecule has 2 N–H and O–H groups in total. The van der Waals surface area contributed by atoms with Crippen molar-refractivity contribution in [1.82, 2.24) is 25.4 Å². The van der Waals surface area contributed by atoms with Gasteiger partial charge in [0.25, 0.3) is 0 Å². The number of nitrogens with one attached hydrogen (secondary N) is 2. The molecule has 1 aliphatic rings. The molecule has 0 radical (unpaired) electrons. The minimum Gasteiger partial charge on any atom is -0.493 e. The predicted octanol–water partition coefficient (Wildman–Crippen LogP) is 2.73. The number of halogens is 1. The molecule has 30 heavy (non-hydrogen) atoms. The average Bonchev–Trinajstić information content (AvgIpc) is 3.11. The smallest absolute Gasteiger partial charge is 0.191 e. The van der Waals surface area contributed by atoms with E-state index in [0.717, 1.165) is 66.3 Å². The lowest BCUT2D eigenvalue weighted by Gasteiger charge is -2.25. The van der Waals surface area contributed by atoms with Crippen LogP contribution in [0.1, 0.15) is 37.0 Å². The number of hydrogen-bond donors (Lipinski definition) is 2. The molecule has 0 saturated heterocycles. The lowest BCUT2D eigenvalue weighted by atomic mass is 10.1. The van der Waals surface area contributed by atoms with Gasteiger partial charge in [0, 0.05) is 44.1 Å². The first-order valence-corrected chi connectivity index (χ1v) is 10.8. The summed E-state index contributed by atoms with van der Waals surface area (Å²) in [6.07, 6.45) is 2.72. The third-order valence-corrected chi connectivity index (χ3v) is 5.06. The van der Waals surface area contributed by atoms with E-state index >= 15 is 0 Å². The van der Waals surface area contributed by atoms with Gasteiger partial charge in [-0.05, 0) is 44.0 Å². The third-order valence-electron chi connectivity index (χ3n) is 4.83. The summed E-state index contributed by atoms with van der Waals surface area (Å²) in [6.45, 7) is 7.38. The number of guanidine groups is 1. The zero-order chi connectivity index (χ0) is 21.3. The molecule has 0 amide bonds. The molecule has 1 aromatic carbocycles. The lowest BCUT2D eigenvalue weighted by molar-refractivity contribution is 0.177. The van der Waals surface area contributed by atoms with Gasteiger partial charge in [0.05, 0.1) is 13.2 Å². The molecule has 1 aliphatic heterocycles. The molecule has 2 aromatic rings. The zero-order valence-corrected chi connectivity index (χ0v) is 18.7.